The first-order chi connectivity index (χ1) is 17.7. The highest BCUT2D eigenvalue weighted by atomic mass is 15.4. The van der Waals surface area contributed by atoms with Crippen molar-refractivity contribution in [1.82, 2.24) is 19.7 Å². The van der Waals surface area contributed by atoms with Crippen molar-refractivity contribution >= 4 is 22.7 Å². The second kappa shape index (κ2) is 11.7. The van der Waals surface area contributed by atoms with Crippen LogP contribution in [-0.2, 0) is 7.05 Å². The molecule has 1 saturated carbocycles. The molecule has 3 saturated heterocycles. The number of rotatable bonds is 4. The van der Waals surface area contributed by atoms with Crippen molar-refractivity contribution in [3.05, 3.63) is 12.1 Å². The SMILES string of the molecule is CC.Cn1nc(N2CCC3(CCCN(CC4CCCC4)C3)CC2)c2ccc(N3CCCCCC3)nc21. The standard InChI is InChI=1S/C28H44N6.C2H6/c1-31-26-24(11-12-25(29-26)33-17-6-2-3-7-18-33)27(30-31)34-19-14-28(15-20-34)13-8-16-32(22-28)21-23-9-4-5-10-23;1-2/h11-12,23H,2-10,13-22H2,1H3;1-2H3. The van der Waals surface area contributed by atoms with Crippen molar-refractivity contribution in [3.63, 3.8) is 0 Å². The third-order valence-electron chi connectivity index (χ3n) is 9.44. The van der Waals surface area contributed by atoms with Gasteiger partial charge < -0.3 is 14.7 Å². The van der Waals surface area contributed by atoms with Gasteiger partial charge >= 0.3 is 0 Å². The molecular formula is C30H50N6. The summed E-state index contributed by atoms with van der Waals surface area (Å²) in [6, 6.07) is 4.53. The van der Waals surface area contributed by atoms with Crippen molar-refractivity contribution in [1.29, 1.82) is 0 Å². The van der Waals surface area contributed by atoms with Crippen molar-refractivity contribution < 1.29 is 0 Å². The van der Waals surface area contributed by atoms with E-state index in [0.717, 1.165) is 49.4 Å². The molecule has 0 bridgehead atoms. The third kappa shape index (κ3) is 5.54. The number of hydrogen-bond donors (Lipinski definition) is 0. The van der Waals surface area contributed by atoms with Gasteiger partial charge in [-0.05, 0) is 81.4 Å². The molecule has 4 fully saturated rings. The van der Waals surface area contributed by atoms with E-state index >= 15 is 0 Å². The molecule has 2 aromatic heterocycles. The smallest absolute Gasteiger partial charge is 0.162 e. The molecule has 0 amide bonds. The van der Waals surface area contributed by atoms with Crippen molar-refractivity contribution in [2.75, 3.05) is 55.6 Å². The summed E-state index contributed by atoms with van der Waals surface area (Å²) >= 11 is 0. The highest BCUT2D eigenvalue weighted by molar-refractivity contribution is 5.89. The molecule has 1 aliphatic carbocycles. The Morgan fingerprint density at radius 1 is 0.806 bits per heavy atom. The van der Waals surface area contributed by atoms with Gasteiger partial charge in [-0.2, -0.15) is 5.10 Å². The molecule has 36 heavy (non-hydrogen) atoms. The van der Waals surface area contributed by atoms with Gasteiger partial charge in [0.25, 0.3) is 0 Å². The van der Waals surface area contributed by atoms with Crippen LogP contribution in [0, 0.1) is 11.3 Å². The van der Waals surface area contributed by atoms with Gasteiger partial charge in [0, 0.05) is 46.3 Å². The van der Waals surface area contributed by atoms with Crippen LogP contribution in [0.2, 0.25) is 0 Å². The molecule has 0 aromatic carbocycles. The molecule has 3 aliphatic heterocycles. The summed E-state index contributed by atoms with van der Waals surface area (Å²) in [5, 5.41) is 6.21. The van der Waals surface area contributed by atoms with E-state index in [9.17, 15) is 0 Å². The molecule has 6 nitrogen and oxygen atoms in total. The number of pyridine rings is 1. The zero-order chi connectivity index (χ0) is 25.0. The van der Waals surface area contributed by atoms with Crippen LogP contribution in [0.5, 0.6) is 0 Å². The summed E-state index contributed by atoms with van der Waals surface area (Å²) in [5.74, 6) is 3.26. The molecule has 200 valence electrons. The van der Waals surface area contributed by atoms with Crippen LogP contribution in [-0.4, -0.2) is 65.5 Å². The maximum absolute atomic E-state index is 5.09. The topological polar surface area (TPSA) is 40.4 Å². The van der Waals surface area contributed by atoms with Crippen LogP contribution in [0.3, 0.4) is 0 Å². The van der Waals surface area contributed by atoms with Gasteiger partial charge in [0.05, 0.1) is 5.39 Å². The van der Waals surface area contributed by atoms with Gasteiger partial charge in [-0.1, -0.05) is 39.5 Å². The van der Waals surface area contributed by atoms with Gasteiger partial charge in [-0.3, -0.25) is 0 Å². The quantitative estimate of drug-likeness (QED) is 0.503. The van der Waals surface area contributed by atoms with Gasteiger partial charge in [-0.15, -0.1) is 0 Å². The van der Waals surface area contributed by atoms with E-state index in [0.29, 0.717) is 5.41 Å². The Balaban J connectivity index is 0.00000130. The number of nitrogens with zero attached hydrogens (tertiary/aromatic N) is 6. The lowest BCUT2D eigenvalue weighted by molar-refractivity contribution is 0.0556. The molecule has 6 heteroatoms. The number of aromatic nitrogens is 3. The van der Waals surface area contributed by atoms with Gasteiger partial charge in [0.2, 0.25) is 0 Å². The molecule has 0 atom stereocenters. The zero-order valence-corrected chi connectivity index (χ0v) is 23.4. The average molecular weight is 495 g/mol. The highest BCUT2D eigenvalue weighted by Gasteiger charge is 2.39. The lowest BCUT2D eigenvalue weighted by Crippen LogP contribution is -2.50. The lowest BCUT2D eigenvalue weighted by atomic mass is 9.72. The first-order valence-electron chi connectivity index (χ1n) is 15.3. The molecule has 0 radical (unpaired) electrons. The molecule has 4 aliphatic rings. The number of anilines is 2. The Labute approximate surface area is 219 Å². The van der Waals surface area contributed by atoms with Crippen molar-refractivity contribution in [2.24, 2.45) is 18.4 Å². The summed E-state index contributed by atoms with van der Waals surface area (Å²) in [6.45, 7) is 12.6. The second-order valence-corrected chi connectivity index (χ2v) is 11.9. The molecule has 5 heterocycles. The minimum absolute atomic E-state index is 0.538. The Morgan fingerprint density at radius 3 is 2.25 bits per heavy atom. The van der Waals surface area contributed by atoms with Crippen LogP contribution in [0.25, 0.3) is 11.0 Å². The first kappa shape index (κ1) is 25.8. The summed E-state index contributed by atoms with van der Waals surface area (Å²) in [7, 11) is 2.07. The summed E-state index contributed by atoms with van der Waals surface area (Å²) < 4.78 is 2.01. The van der Waals surface area contributed by atoms with Crippen LogP contribution in [0.1, 0.15) is 90.9 Å². The lowest BCUT2D eigenvalue weighted by Gasteiger charge is -2.48. The number of hydrogen-bond acceptors (Lipinski definition) is 5. The maximum atomic E-state index is 5.09. The fourth-order valence-corrected chi connectivity index (χ4v) is 7.44. The number of aryl methyl sites for hydroxylation is 1. The van der Waals surface area contributed by atoms with Crippen LogP contribution >= 0.6 is 0 Å². The average Bonchev–Trinajstić information content (AvgIpc) is 3.44. The zero-order valence-electron chi connectivity index (χ0n) is 23.4. The van der Waals surface area contributed by atoms with E-state index < -0.39 is 0 Å². The van der Waals surface area contributed by atoms with Crippen molar-refractivity contribution in [2.45, 2.75) is 90.9 Å². The summed E-state index contributed by atoms with van der Waals surface area (Å²) in [4.78, 5) is 13.0. The molecule has 0 unspecified atom stereocenters. The molecule has 1 spiro atoms. The minimum Gasteiger partial charge on any atom is -0.357 e. The monoisotopic (exact) mass is 494 g/mol. The summed E-state index contributed by atoms with van der Waals surface area (Å²) in [5.41, 5.74) is 1.58. The highest BCUT2D eigenvalue weighted by Crippen LogP contribution is 2.42. The molecule has 0 N–H and O–H groups in total. The second-order valence-electron chi connectivity index (χ2n) is 11.9. The van der Waals surface area contributed by atoms with E-state index in [-0.39, 0.29) is 0 Å². The fourth-order valence-electron chi connectivity index (χ4n) is 7.44. The normalized spacial score (nSPS) is 23.6. The minimum atomic E-state index is 0.538. The Bertz CT molecular complexity index is 961. The van der Waals surface area contributed by atoms with Crippen LogP contribution in [0.4, 0.5) is 11.6 Å². The third-order valence-corrected chi connectivity index (χ3v) is 9.44. The Kier molecular flexibility index (Phi) is 8.39. The summed E-state index contributed by atoms with van der Waals surface area (Å²) in [6.07, 6.45) is 16.6. The fraction of sp³-hybridized carbons (Fsp3) is 0.800. The predicted octanol–water partition coefficient (Wildman–Crippen LogP) is 6.25. The number of likely N-dealkylation sites (tertiary alicyclic amines) is 1. The van der Waals surface area contributed by atoms with E-state index in [2.05, 4.69) is 33.9 Å². The number of piperidine rings is 2. The van der Waals surface area contributed by atoms with Gasteiger partial charge in [0.15, 0.2) is 11.5 Å². The molecule has 6 rings (SSSR count). The van der Waals surface area contributed by atoms with Crippen LogP contribution in [0.15, 0.2) is 12.1 Å². The van der Waals surface area contributed by atoms with E-state index in [1.165, 1.54) is 102 Å². The largest absolute Gasteiger partial charge is 0.357 e. The first-order valence-corrected chi connectivity index (χ1v) is 15.3. The Morgan fingerprint density at radius 2 is 1.53 bits per heavy atom. The van der Waals surface area contributed by atoms with E-state index in [1.807, 2.05) is 18.5 Å². The van der Waals surface area contributed by atoms with Gasteiger partial charge in [0.1, 0.15) is 5.82 Å². The molecule has 2 aromatic rings. The van der Waals surface area contributed by atoms with E-state index in [4.69, 9.17) is 10.1 Å². The maximum Gasteiger partial charge on any atom is 0.162 e. The van der Waals surface area contributed by atoms with Crippen LogP contribution < -0.4 is 9.80 Å². The predicted molar refractivity (Wildman–Crippen MR) is 152 cm³/mol. The van der Waals surface area contributed by atoms with Crippen molar-refractivity contribution in [3.8, 4) is 0 Å². The van der Waals surface area contributed by atoms with E-state index in [1.54, 1.807) is 0 Å². The van der Waals surface area contributed by atoms with Gasteiger partial charge in [-0.25, -0.2) is 9.67 Å². The Hall–Kier alpha value is -1.82. The number of fused-ring (bicyclic) bond motifs is 1. The molecular weight excluding hydrogens is 444 g/mol.